The summed E-state index contributed by atoms with van der Waals surface area (Å²) in [5.41, 5.74) is 23.9. The van der Waals surface area contributed by atoms with Crippen LogP contribution in [0.3, 0.4) is 0 Å². The molecule has 0 spiro atoms. The van der Waals surface area contributed by atoms with Crippen molar-refractivity contribution in [2.75, 3.05) is 0 Å². The number of hydrazone groups is 1. The summed E-state index contributed by atoms with van der Waals surface area (Å²) in [6.45, 7) is 66.2. The molecule has 9 aromatic rings. The van der Waals surface area contributed by atoms with Gasteiger partial charge < -0.3 is 14.5 Å². The van der Waals surface area contributed by atoms with Crippen molar-refractivity contribution in [2.24, 2.45) is 38.1 Å². The van der Waals surface area contributed by atoms with Gasteiger partial charge in [-0.25, -0.2) is 29.6 Å². The van der Waals surface area contributed by atoms with E-state index in [1.807, 2.05) is 131 Å². The first kappa shape index (κ1) is 109. The number of pyridine rings is 3. The first-order valence-electron chi connectivity index (χ1n) is 39.2. The van der Waals surface area contributed by atoms with Gasteiger partial charge in [-0.05, 0) is 224 Å². The highest BCUT2D eigenvalue weighted by atomic mass is 16.1. The van der Waals surface area contributed by atoms with Crippen LogP contribution in [-0.4, -0.2) is 80.4 Å². The molecule has 0 radical (unpaired) electrons. The highest BCUT2D eigenvalue weighted by Gasteiger charge is 2.08. The Kier molecular flexibility index (Phi) is 54.9. The van der Waals surface area contributed by atoms with E-state index in [4.69, 9.17) is 0 Å². The van der Waals surface area contributed by atoms with Crippen LogP contribution in [0.2, 0.25) is 0 Å². The van der Waals surface area contributed by atoms with Gasteiger partial charge >= 0.3 is 0 Å². The minimum Gasteiger partial charge on any atom is -0.362 e. The Bertz CT molecular complexity index is 4030. The number of rotatable bonds is 11. The molecule has 0 atom stereocenters. The molecule has 21 nitrogen and oxygen atoms in total. The van der Waals surface area contributed by atoms with Crippen molar-refractivity contribution in [1.29, 1.82) is 0 Å². The van der Waals surface area contributed by atoms with Gasteiger partial charge in [0, 0.05) is 110 Å². The molecular formula is C95H148N18O3. The maximum absolute atomic E-state index is 11.1. The zero-order chi connectivity index (χ0) is 85.8. The third-order valence-corrected chi connectivity index (χ3v) is 17.0. The monoisotopic (exact) mass is 1590 g/mol. The first-order valence-corrected chi connectivity index (χ1v) is 39.2. The zero-order valence-corrected chi connectivity index (χ0v) is 74.2. The van der Waals surface area contributed by atoms with Gasteiger partial charge in [0.05, 0.1) is 48.2 Å². The Hall–Kier alpha value is -10.7. The topological polar surface area (TPSA) is 257 Å². The molecule has 0 saturated carbocycles. The average molecular weight is 1590 g/mol. The molecule has 0 aliphatic carbocycles. The van der Waals surface area contributed by atoms with E-state index in [0.29, 0.717) is 65.1 Å². The van der Waals surface area contributed by atoms with Crippen LogP contribution in [0.5, 0.6) is 0 Å². The highest BCUT2D eigenvalue weighted by Crippen LogP contribution is 2.19. The minimum atomic E-state index is -0.0452. The highest BCUT2D eigenvalue weighted by molar-refractivity contribution is 5.80. The maximum Gasteiger partial charge on any atom is 0.266 e. The lowest BCUT2D eigenvalue weighted by Gasteiger charge is -2.12. The van der Waals surface area contributed by atoms with E-state index in [0.717, 1.165) is 73.8 Å². The SMILES string of the molecule is C.C.C.C=C1C=C(C(C)C)C=CN1.C=C1C=C(C(C)C)C=NN1.CC(C)c1cc(=O)n(C)cn1.CC(C)c1ccn(C)c(=O)c1.CC(C)c1cnn(C)c(=O)c1.Cc1cc(C(C)C)ccn1.Cc1cc(C(C)C)ccn1.Cc1cc(C(C)C)cnn1.Cc1cc(C(C)C)cnn1.Cc1cc(C(C)C)ncn1.Cc1cc(C(C)C)ncn1. The van der Waals surface area contributed by atoms with Crippen molar-refractivity contribution in [3.63, 3.8) is 0 Å². The molecule has 11 heterocycles. The van der Waals surface area contributed by atoms with Crippen molar-refractivity contribution in [3.8, 4) is 0 Å². The van der Waals surface area contributed by atoms with E-state index >= 15 is 0 Å². The molecule has 0 amide bonds. The number of nitrogens with zero attached hydrogens (tertiary/aromatic N) is 16. The molecule has 21 heteroatoms. The van der Waals surface area contributed by atoms with Crippen LogP contribution < -0.4 is 27.4 Å². The number of dihydropyridines is 1. The summed E-state index contributed by atoms with van der Waals surface area (Å²) in [6, 6.07) is 23.4. The molecule has 2 aliphatic heterocycles. The van der Waals surface area contributed by atoms with Crippen molar-refractivity contribution < 1.29 is 0 Å². The molecule has 0 aromatic carbocycles. The van der Waals surface area contributed by atoms with E-state index in [2.05, 4.69) is 263 Å². The van der Waals surface area contributed by atoms with E-state index in [1.54, 1.807) is 75.3 Å². The molecule has 11 rings (SSSR count). The number of aromatic nitrogens is 15. The van der Waals surface area contributed by atoms with Gasteiger partial charge in [-0.15, -0.1) is 0 Å². The smallest absolute Gasteiger partial charge is 0.266 e. The lowest BCUT2D eigenvalue weighted by Crippen LogP contribution is -2.19. The first-order chi connectivity index (χ1) is 52.9. The van der Waals surface area contributed by atoms with E-state index in [-0.39, 0.29) is 39.0 Å². The largest absolute Gasteiger partial charge is 0.362 e. The number of aryl methyl sites for hydroxylation is 9. The molecule has 636 valence electrons. The molecule has 2 N–H and O–H groups in total. The van der Waals surface area contributed by atoms with Crippen LogP contribution in [0.15, 0.2) is 209 Å². The molecule has 0 bridgehead atoms. The second kappa shape index (κ2) is 58.2. The number of hydrogen-bond donors (Lipinski definition) is 2. The molecule has 2 aliphatic rings. The van der Waals surface area contributed by atoms with Gasteiger partial charge in [-0.1, -0.05) is 188 Å². The molecule has 0 saturated heterocycles. The second-order valence-electron chi connectivity index (χ2n) is 31.2. The standard InChI is InChI=1S/C9H13NO.3C9H13N.2C8H12N2O.5C8H12N2.3CH4/c1-7(2)8-4-5-10(3)9(11)6-8;3*1-7(2)9-4-5-10-8(3)6-9;1-6(2)7-4-8(11)10(3)5-9-7;1-6(2)7-4-8(11)10(3)9-5-7;2*1-6(2)8-4-7(3)9-5-10-8;3*1-6(2)8-4-7(3)10-9-5-8;;;/h4-7H,1-3H3;2*4-7H,1-3H3;4-7,10H,3H2,1-2H3;2*4-6H,1-3H3;4*4-6H,1-3H3;4-6,10H,3H2,1-2H3;3*1H4. The molecule has 0 fully saturated rings. The molecule has 0 unspecified atom stereocenters. The van der Waals surface area contributed by atoms with Crippen molar-refractivity contribution in [2.45, 2.75) is 269 Å². The fraction of sp³-hybridized carbons (Fsp3) is 0.474. The van der Waals surface area contributed by atoms with Crippen LogP contribution in [0.4, 0.5) is 0 Å². The van der Waals surface area contributed by atoms with E-state index in [1.165, 1.54) is 42.6 Å². The summed E-state index contributed by atoms with van der Waals surface area (Å²) < 4.78 is 4.36. The van der Waals surface area contributed by atoms with Crippen molar-refractivity contribution in [1.82, 2.24) is 84.9 Å². The number of nitrogens with one attached hydrogen (secondary N) is 2. The normalized spacial score (nSPS) is 11.3. The van der Waals surface area contributed by atoms with Crippen LogP contribution in [-0.2, 0) is 21.1 Å². The Morgan fingerprint density at radius 3 is 1.03 bits per heavy atom. The Balaban J connectivity index is -0.00000121. The fourth-order valence-corrected chi connectivity index (χ4v) is 9.24. The van der Waals surface area contributed by atoms with E-state index < -0.39 is 0 Å². The van der Waals surface area contributed by atoms with Gasteiger partial charge in [0.2, 0.25) is 0 Å². The molecule has 116 heavy (non-hydrogen) atoms. The predicted molar refractivity (Wildman–Crippen MR) is 491 cm³/mol. The minimum absolute atomic E-state index is 0. The Morgan fingerprint density at radius 2 is 0.733 bits per heavy atom. The van der Waals surface area contributed by atoms with Gasteiger partial charge in [0.1, 0.15) is 12.7 Å². The Labute approximate surface area is 699 Å². The quantitative estimate of drug-likeness (QED) is 0.122. The summed E-state index contributed by atoms with van der Waals surface area (Å²) in [7, 11) is 5.10. The van der Waals surface area contributed by atoms with Gasteiger partial charge in [0.15, 0.2) is 0 Å². The fourth-order valence-electron chi connectivity index (χ4n) is 9.24. The lowest BCUT2D eigenvalue weighted by molar-refractivity contribution is 0.689. The predicted octanol–water partition coefficient (Wildman–Crippen LogP) is 21.8. The number of hydrogen-bond acceptors (Lipinski definition) is 18. The summed E-state index contributed by atoms with van der Waals surface area (Å²) in [6.07, 6.45) is 25.6. The number of allylic oxidation sites excluding steroid dienone is 5. The summed E-state index contributed by atoms with van der Waals surface area (Å²) in [5, 5.41) is 26.3. The third-order valence-electron chi connectivity index (χ3n) is 17.0. The summed E-state index contributed by atoms with van der Waals surface area (Å²) in [4.78, 5) is 61.8. The van der Waals surface area contributed by atoms with Crippen molar-refractivity contribution >= 4 is 6.21 Å². The van der Waals surface area contributed by atoms with Crippen LogP contribution >= 0.6 is 0 Å². The van der Waals surface area contributed by atoms with E-state index in [9.17, 15) is 14.4 Å². The van der Waals surface area contributed by atoms with Crippen LogP contribution in [0.25, 0.3) is 0 Å². The van der Waals surface area contributed by atoms with Crippen LogP contribution in [0, 0.1) is 53.4 Å². The third kappa shape index (κ3) is 46.6. The lowest BCUT2D eigenvalue weighted by atomic mass is 10.0. The Morgan fingerprint density at radius 1 is 0.362 bits per heavy atom. The van der Waals surface area contributed by atoms with Gasteiger partial charge in [-0.2, -0.15) is 30.6 Å². The zero-order valence-electron chi connectivity index (χ0n) is 74.2. The summed E-state index contributed by atoms with van der Waals surface area (Å²) in [5.74, 6) is 5.58. The van der Waals surface area contributed by atoms with Gasteiger partial charge in [0.25, 0.3) is 16.7 Å². The molecule has 9 aromatic heterocycles. The average Bonchev–Trinajstić information content (AvgIpc) is 0.872. The van der Waals surface area contributed by atoms with Gasteiger partial charge in [-0.3, -0.25) is 29.8 Å². The van der Waals surface area contributed by atoms with Crippen LogP contribution in [0.1, 0.15) is 312 Å². The maximum atomic E-state index is 11.1. The summed E-state index contributed by atoms with van der Waals surface area (Å²) >= 11 is 0. The van der Waals surface area contributed by atoms with Crippen molar-refractivity contribution in [3.05, 3.63) is 305 Å². The second-order valence-corrected chi connectivity index (χ2v) is 31.2. The molecular weight excluding hydrogens is 1440 g/mol.